The smallest absolute Gasteiger partial charge is 0.406 e. The zero-order valence-electron chi connectivity index (χ0n) is 33.6. The number of ether oxygens (including phenoxy) is 2. The molecule has 316 valence electrons. The Balaban J connectivity index is 1.46. The maximum atomic E-state index is 14.7. The van der Waals surface area contributed by atoms with Gasteiger partial charge in [0.1, 0.15) is 24.7 Å². The summed E-state index contributed by atoms with van der Waals surface area (Å²) in [5.41, 5.74) is 5.10. The molecule has 3 atom stereocenters. The molecule has 15 heteroatoms. The fraction of sp³-hybridized carbons (Fsp3) is 0.500. The number of cyclic esters (lactones) is 1. The molecule has 2 amide bonds. The van der Waals surface area contributed by atoms with E-state index < -0.39 is 60.5 Å². The minimum atomic E-state index is -4.62. The number of nitrogens with one attached hydrogen (secondary N) is 2. The van der Waals surface area contributed by atoms with Gasteiger partial charge in [-0.15, -0.1) is 0 Å². The van der Waals surface area contributed by atoms with Crippen LogP contribution in [0.1, 0.15) is 94.7 Å². The van der Waals surface area contributed by atoms with Crippen LogP contribution >= 0.6 is 0 Å². The first-order valence-corrected chi connectivity index (χ1v) is 20.2. The summed E-state index contributed by atoms with van der Waals surface area (Å²) < 4.78 is 86.4. The first-order chi connectivity index (χ1) is 28.0. The van der Waals surface area contributed by atoms with E-state index in [4.69, 9.17) is 9.47 Å². The van der Waals surface area contributed by atoms with Gasteiger partial charge in [-0.05, 0) is 90.6 Å². The van der Waals surface area contributed by atoms with E-state index in [1.807, 2.05) is 27.7 Å². The van der Waals surface area contributed by atoms with E-state index in [1.54, 1.807) is 42.6 Å². The number of hydrogen-bond donors (Lipinski definition) is 2. The Bertz CT molecular complexity index is 2210. The van der Waals surface area contributed by atoms with Crippen LogP contribution in [0.3, 0.4) is 0 Å². The first kappa shape index (κ1) is 42.2. The molecule has 4 aromatic rings. The number of amides is 2. The van der Waals surface area contributed by atoms with Crippen LogP contribution in [0.15, 0.2) is 54.7 Å². The van der Waals surface area contributed by atoms with Gasteiger partial charge in [0, 0.05) is 59.6 Å². The van der Waals surface area contributed by atoms with Gasteiger partial charge in [-0.3, -0.25) is 24.4 Å². The summed E-state index contributed by atoms with van der Waals surface area (Å²) in [4.78, 5) is 45.6. The molecule has 0 spiro atoms. The van der Waals surface area contributed by atoms with Crippen LogP contribution < -0.4 is 10.7 Å². The molecule has 10 nitrogen and oxygen atoms in total. The summed E-state index contributed by atoms with van der Waals surface area (Å²) in [6, 6.07) is 10.6. The maximum absolute atomic E-state index is 14.7. The SMILES string of the molecule is CC(C)CC(=O)N[C@H]1Cc2cc(cc(C(F)F)c2)-c2ccc3c(c2)c(c(-c2cccnc2[C@@H]2CCCO2)n3CC(F)(F)F)CC(C)(C)COC(=O)[C@@H]2CCCN(N2)C1=O. The fourth-order valence-electron chi connectivity index (χ4n) is 8.49. The molecule has 3 aliphatic heterocycles. The molecular formula is C44H50F5N5O5. The highest BCUT2D eigenvalue weighted by Gasteiger charge is 2.37. The molecule has 0 aliphatic carbocycles. The average molecular weight is 824 g/mol. The van der Waals surface area contributed by atoms with E-state index in [0.717, 1.165) is 6.42 Å². The number of benzene rings is 2. The van der Waals surface area contributed by atoms with Crippen molar-refractivity contribution in [2.45, 2.75) is 110 Å². The topological polar surface area (TPSA) is 115 Å². The molecule has 2 aromatic carbocycles. The fourth-order valence-corrected chi connectivity index (χ4v) is 8.49. The molecule has 7 rings (SSSR count). The highest BCUT2D eigenvalue weighted by atomic mass is 19.4. The van der Waals surface area contributed by atoms with Crippen LogP contribution in [0.2, 0.25) is 0 Å². The van der Waals surface area contributed by atoms with Crippen molar-refractivity contribution < 1.29 is 45.8 Å². The van der Waals surface area contributed by atoms with Crippen molar-refractivity contribution in [2.75, 3.05) is 19.8 Å². The lowest BCUT2D eigenvalue weighted by atomic mass is 9.84. The van der Waals surface area contributed by atoms with Crippen LogP contribution in [0.5, 0.6) is 0 Å². The molecule has 2 fully saturated rings. The summed E-state index contributed by atoms with van der Waals surface area (Å²) in [6.45, 7) is 6.73. The number of hydrogen-bond acceptors (Lipinski definition) is 7. The number of nitrogens with zero attached hydrogens (tertiary/aromatic N) is 3. The molecule has 59 heavy (non-hydrogen) atoms. The van der Waals surface area contributed by atoms with Crippen molar-refractivity contribution in [1.82, 2.24) is 25.3 Å². The molecule has 0 unspecified atom stereocenters. The normalized spacial score (nSPS) is 21.5. The predicted octanol–water partition coefficient (Wildman–Crippen LogP) is 8.42. The number of hydrazine groups is 1. The summed E-state index contributed by atoms with van der Waals surface area (Å²) in [5, 5.41) is 4.56. The van der Waals surface area contributed by atoms with Crippen molar-refractivity contribution in [2.24, 2.45) is 11.3 Å². The van der Waals surface area contributed by atoms with E-state index in [2.05, 4.69) is 15.7 Å². The van der Waals surface area contributed by atoms with E-state index in [-0.39, 0.29) is 49.4 Å². The molecule has 2 aromatic heterocycles. The lowest BCUT2D eigenvalue weighted by molar-refractivity contribution is -0.155. The number of fused-ring (bicyclic) bond motifs is 6. The van der Waals surface area contributed by atoms with E-state index in [9.17, 15) is 36.3 Å². The lowest BCUT2D eigenvalue weighted by Crippen LogP contribution is -2.60. The summed E-state index contributed by atoms with van der Waals surface area (Å²) >= 11 is 0. The predicted molar refractivity (Wildman–Crippen MR) is 211 cm³/mol. The highest BCUT2D eigenvalue weighted by Crippen LogP contribution is 2.44. The van der Waals surface area contributed by atoms with Crippen LogP contribution in [0.4, 0.5) is 22.0 Å². The van der Waals surface area contributed by atoms with Gasteiger partial charge in [0.25, 0.3) is 12.3 Å². The third-order valence-corrected chi connectivity index (χ3v) is 11.1. The van der Waals surface area contributed by atoms with Crippen molar-refractivity contribution >= 4 is 28.7 Å². The second-order valence-electron chi connectivity index (χ2n) is 17.1. The lowest BCUT2D eigenvalue weighted by Gasteiger charge is -2.35. The zero-order chi connectivity index (χ0) is 42.2. The Labute approximate surface area is 339 Å². The molecule has 0 radical (unpaired) electrons. The minimum absolute atomic E-state index is 0.0262. The van der Waals surface area contributed by atoms with E-state index >= 15 is 0 Å². The highest BCUT2D eigenvalue weighted by molar-refractivity contribution is 5.95. The quantitative estimate of drug-likeness (QED) is 0.142. The Kier molecular flexibility index (Phi) is 12.2. The number of halogens is 5. The monoisotopic (exact) mass is 823 g/mol. The van der Waals surface area contributed by atoms with Crippen molar-refractivity contribution in [3.63, 3.8) is 0 Å². The molecule has 3 aliphatic rings. The average Bonchev–Trinajstić information content (AvgIpc) is 3.81. The van der Waals surface area contributed by atoms with E-state index in [1.165, 1.54) is 21.7 Å². The molecule has 5 heterocycles. The number of pyridine rings is 1. The maximum Gasteiger partial charge on any atom is 0.406 e. The third-order valence-electron chi connectivity index (χ3n) is 11.1. The van der Waals surface area contributed by atoms with Crippen LogP contribution in [-0.4, -0.2) is 70.4 Å². The summed E-state index contributed by atoms with van der Waals surface area (Å²) in [6.07, 6.45) is -4.00. The van der Waals surface area contributed by atoms with Crippen molar-refractivity contribution in [3.05, 3.63) is 77.1 Å². The Morgan fingerprint density at radius 1 is 1.05 bits per heavy atom. The van der Waals surface area contributed by atoms with Crippen molar-refractivity contribution in [1.29, 1.82) is 0 Å². The molecule has 0 saturated carbocycles. The Hall–Kier alpha value is -4.89. The molecule has 6 bridgehead atoms. The van der Waals surface area contributed by atoms with Crippen LogP contribution in [0.25, 0.3) is 33.3 Å². The van der Waals surface area contributed by atoms with Gasteiger partial charge >= 0.3 is 12.1 Å². The van der Waals surface area contributed by atoms with Gasteiger partial charge in [-0.1, -0.05) is 45.9 Å². The molecule has 2 saturated heterocycles. The number of rotatable bonds is 7. The van der Waals surface area contributed by atoms with Gasteiger partial charge in [0.05, 0.1) is 18.0 Å². The first-order valence-electron chi connectivity index (χ1n) is 20.2. The van der Waals surface area contributed by atoms with E-state index in [0.29, 0.717) is 70.5 Å². The van der Waals surface area contributed by atoms with Crippen molar-refractivity contribution in [3.8, 4) is 22.4 Å². The van der Waals surface area contributed by atoms with Gasteiger partial charge in [0.15, 0.2) is 0 Å². The van der Waals surface area contributed by atoms with Gasteiger partial charge in [-0.2, -0.15) is 13.2 Å². The van der Waals surface area contributed by atoms with Gasteiger partial charge in [-0.25, -0.2) is 14.2 Å². The number of alkyl halides is 5. The number of carbonyl (C=O) groups is 3. The zero-order valence-corrected chi connectivity index (χ0v) is 33.6. The largest absolute Gasteiger partial charge is 0.464 e. The number of carbonyl (C=O) groups excluding carboxylic acids is 3. The second-order valence-corrected chi connectivity index (χ2v) is 17.1. The molecule has 2 N–H and O–H groups in total. The molecular weight excluding hydrogens is 774 g/mol. The van der Waals surface area contributed by atoms with Gasteiger partial charge in [0.2, 0.25) is 5.91 Å². The number of esters is 1. The van der Waals surface area contributed by atoms with Gasteiger partial charge < -0.3 is 19.4 Å². The Morgan fingerprint density at radius 3 is 2.56 bits per heavy atom. The van der Waals surface area contributed by atoms with Crippen LogP contribution in [0, 0.1) is 11.3 Å². The standard InChI is InChI=1S/C44H50F5N5O5/c1-25(2)16-37(55)51-34-19-26-17-28(20-29(18-26)40(45)46)27-11-12-35-31(21-27)32(22-43(3,4)24-59-42(57)33-9-6-14-54(52-33)41(34)56)39(53(35)23-44(47,48)49)30-8-5-13-50-38(30)36-10-7-15-58-36/h5,8,11-13,17-18,20-21,25,33-34,36,40,52H,6-7,9-10,14-16,19,22-24H2,1-4H3,(H,51,55)/t33-,34-,36-/m0/s1. The minimum Gasteiger partial charge on any atom is -0.464 e. The second kappa shape index (κ2) is 17.0. The Morgan fingerprint density at radius 2 is 1.85 bits per heavy atom. The number of aromatic nitrogens is 2. The van der Waals surface area contributed by atoms with Crippen LogP contribution in [-0.2, 0) is 43.2 Å². The summed E-state index contributed by atoms with van der Waals surface area (Å²) in [7, 11) is 0. The third kappa shape index (κ3) is 9.62. The summed E-state index contributed by atoms with van der Waals surface area (Å²) in [5.74, 6) is -1.57.